The summed E-state index contributed by atoms with van der Waals surface area (Å²) in [6, 6.07) is 15.9. The minimum Gasteiger partial charge on any atom is -0.506 e. The van der Waals surface area contributed by atoms with E-state index in [0.29, 0.717) is 25.9 Å². The molecule has 0 atom stereocenters. The lowest BCUT2D eigenvalue weighted by molar-refractivity contribution is 0.464. The third-order valence-electron chi connectivity index (χ3n) is 4.59. The van der Waals surface area contributed by atoms with Gasteiger partial charge >= 0.3 is 5.69 Å². The van der Waals surface area contributed by atoms with Gasteiger partial charge in [-0.15, -0.1) is 0 Å². The molecule has 0 aliphatic carbocycles. The molecular weight excluding hydrogens is 608 g/mol. The van der Waals surface area contributed by atoms with Crippen LogP contribution in [0.2, 0.25) is 0 Å². The second-order valence-electron chi connectivity index (χ2n) is 7.22. The van der Waals surface area contributed by atoms with Gasteiger partial charge < -0.3 is 9.84 Å². The average molecular weight is 624 g/mol. The Morgan fingerprint density at radius 2 is 1.71 bits per heavy atom. The van der Waals surface area contributed by atoms with Crippen LogP contribution in [-0.2, 0) is 15.8 Å². The van der Waals surface area contributed by atoms with E-state index in [2.05, 4.69) is 46.7 Å². The van der Waals surface area contributed by atoms with Crippen LogP contribution in [0.1, 0.15) is 5.56 Å². The smallest absolute Gasteiger partial charge is 0.349 e. The van der Waals surface area contributed by atoms with Crippen molar-refractivity contribution in [2.24, 2.45) is 0 Å². The first-order chi connectivity index (χ1) is 16.6. The average Bonchev–Trinajstić information content (AvgIpc) is 2.78. The molecule has 3 aromatic carbocycles. The molecule has 0 radical (unpaired) electrons. The highest BCUT2D eigenvalue weighted by atomic mass is 79.9. The van der Waals surface area contributed by atoms with Gasteiger partial charge in [-0.05, 0) is 61.7 Å². The Bertz CT molecular complexity index is 1600. The van der Waals surface area contributed by atoms with Gasteiger partial charge in [0.2, 0.25) is 10.0 Å². The first kappa shape index (κ1) is 24.7. The molecular formula is C22H16Br2N4O6S. The Balaban J connectivity index is 1.59. The lowest BCUT2D eigenvalue weighted by atomic mass is 10.2. The van der Waals surface area contributed by atoms with E-state index in [1.807, 2.05) is 0 Å². The SMILES string of the molecule is O=c1cnn(-c2cc(Br)c(Oc3ccc(O)c(NS(=O)(=O)Cc4ccccc4)c3)c(Br)c2)c(=O)[nH]1. The number of aromatic hydroxyl groups is 1. The summed E-state index contributed by atoms with van der Waals surface area (Å²) in [5.74, 6) is 0.00409. The highest BCUT2D eigenvalue weighted by molar-refractivity contribution is 9.11. The second kappa shape index (κ2) is 10.1. The number of anilines is 1. The van der Waals surface area contributed by atoms with Gasteiger partial charge in [-0.2, -0.15) is 9.78 Å². The number of nitrogens with one attached hydrogen (secondary N) is 2. The lowest BCUT2D eigenvalue weighted by Crippen LogP contribution is -2.30. The van der Waals surface area contributed by atoms with Gasteiger partial charge in [-0.25, -0.2) is 13.2 Å². The summed E-state index contributed by atoms with van der Waals surface area (Å²) in [7, 11) is -3.81. The molecule has 0 aliphatic rings. The molecule has 4 aromatic rings. The van der Waals surface area contributed by atoms with Crippen LogP contribution in [0.4, 0.5) is 5.69 Å². The Hall–Kier alpha value is -3.42. The van der Waals surface area contributed by atoms with E-state index in [1.54, 1.807) is 42.5 Å². The van der Waals surface area contributed by atoms with Gasteiger partial charge in [-0.3, -0.25) is 14.5 Å². The number of hydrogen-bond donors (Lipinski definition) is 3. The Kier molecular flexibility index (Phi) is 7.10. The second-order valence-corrected chi connectivity index (χ2v) is 10.6. The summed E-state index contributed by atoms with van der Waals surface area (Å²) in [5.41, 5.74) is -0.442. The zero-order valence-electron chi connectivity index (χ0n) is 17.6. The Labute approximate surface area is 215 Å². The molecule has 10 nitrogen and oxygen atoms in total. The number of halogens is 2. The number of phenolic OH excluding ortho intramolecular Hbond substituents is 1. The molecule has 180 valence electrons. The van der Waals surface area contributed by atoms with E-state index in [-0.39, 0.29) is 22.9 Å². The number of phenols is 1. The lowest BCUT2D eigenvalue weighted by Gasteiger charge is -2.14. The van der Waals surface area contributed by atoms with Crippen LogP contribution >= 0.6 is 31.9 Å². The van der Waals surface area contributed by atoms with Crippen LogP contribution in [0.25, 0.3) is 5.69 Å². The number of nitrogens with zero attached hydrogens (tertiary/aromatic N) is 2. The minimum absolute atomic E-state index is 0.0497. The standard InChI is InChI=1S/C22H16Br2N4O6S/c23-16-8-14(28-22(31)26-20(30)11-25-28)9-17(24)21(16)34-15-6-7-19(29)18(10-15)27-35(32,33)12-13-4-2-1-3-5-13/h1-11,27,29H,12H2,(H,26,30,31). The fourth-order valence-electron chi connectivity index (χ4n) is 3.08. The first-order valence-corrected chi connectivity index (χ1v) is 13.1. The van der Waals surface area contributed by atoms with Crippen LogP contribution in [0, 0.1) is 0 Å². The molecule has 3 N–H and O–H groups in total. The molecule has 0 fully saturated rings. The van der Waals surface area contributed by atoms with E-state index >= 15 is 0 Å². The summed E-state index contributed by atoms with van der Waals surface area (Å²) in [5, 5.41) is 14.0. The topological polar surface area (TPSA) is 143 Å². The van der Waals surface area contributed by atoms with Gasteiger partial charge in [0, 0.05) is 6.07 Å². The Morgan fingerprint density at radius 3 is 2.37 bits per heavy atom. The van der Waals surface area contributed by atoms with Crippen molar-refractivity contribution in [3.63, 3.8) is 0 Å². The van der Waals surface area contributed by atoms with E-state index in [1.165, 1.54) is 18.2 Å². The number of benzene rings is 3. The summed E-state index contributed by atoms with van der Waals surface area (Å²) in [6.07, 6.45) is 0.977. The summed E-state index contributed by atoms with van der Waals surface area (Å²) < 4.78 is 35.3. The van der Waals surface area contributed by atoms with Gasteiger partial charge in [-0.1, -0.05) is 30.3 Å². The van der Waals surface area contributed by atoms with E-state index in [9.17, 15) is 23.1 Å². The number of aromatic nitrogens is 3. The largest absolute Gasteiger partial charge is 0.506 e. The monoisotopic (exact) mass is 622 g/mol. The molecule has 0 bridgehead atoms. The van der Waals surface area contributed by atoms with Crippen LogP contribution in [0.3, 0.4) is 0 Å². The van der Waals surface area contributed by atoms with Crippen molar-refractivity contribution in [1.82, 2.24) is 14.8 Å². The number of aromatic amines is 1. The molecule has 0 unspecified atom stereocenters. The molecule has 0 saturated carbocycles. The normalized spacial score (nSPS) is 11.3. The molecule has 1 aromatic heterocycles. The van der Waals surface area contributed by atoms with Gasteiger partial charge in [0.05, 0.1) is 26.1 Å². The molecule has 0 saturated heterocycles. The first-order valence-electron chi connectivity index (χ1n) is 9.85. The maximum atomic E-state index is 12.6. The zero-order chi connectivity index (χ0) is 25.2. The van der Waals surface area contributed by atoms with Crippen LogP contribution in [-0.4, -0.2) is 28.3 Å². The van der Waals surface area contributed by atoms with Crippen LogP contribution in [0.15, 0.2) is 85.4 Å². The molecule has 13 heteroatoms. The maximum absolute atomic E-state index is 12.6. The van der Waals surface area contributed by atoms with Crippen molar-refractivity contribution in [3.8, 4) is 22.9 Å². The van der Waals surface area contributed by atoms with Crippen LogP contribution < -0.4 is 20.7 Å². The van der Waals surface area contributed by atoms with Crippen molar-refractivity contribution < 1.29 is 18.3 Å². The minimum atomic E-state index is -3.81. The summed E-state index contributed by atoms with van der Waals surface area (Å²) in [6.45, 7) is 0. The van der Waals surface area contributed by atoms with E-state index < -0.39 is 21.3 Å². The molecule has 35 heavy (non-hydrogen) atoms. The number of sulfonamides is 1. The molecule has 0 aliphatic heterocycles. The highest BCUT2D eigenvalue weighted by Gasteiger charge is 2.17. The van der Waals surface area contributed by atoms with Crippen LogP contribution in [0.5, 0.6) is 17.2 Å². The predicted molar refractivity (Wildman–Crippen MR) is 137 cm³/mol. The van der Waals surface area contributed by atoms with Crippen molar-refractivity contribution >= 4 is 47.6 Å². The third-order valence-corrected chi connectivity index (χ3v) is 7.02. The fourth-order valence-corrected chi connectivity index (χ4v) is 5.61. The quantitative estimate of drug-likeness (QED) is 0.265. The van der Waals surface area contributed by atoms with E-state index in [4.69, 9.17) is 4.74 Å². The highest BCUT2D eigenvalue weighted by Crippen LogP contribution is 2.40. The third kappa shape index (κ3) is 5.99. The molecule has 4 rings (SSSR count). The summed E-state index contributed by atoms with van der Waals surface area (Å²) >= 11 is 6.76. The molecule has 0 spiro atoms. The number of rotatable bonds is 7. The van der Waals surface area contributed by atoms with Crippen molar-refractivity contribution in [2.75, 3.05) is 4.72 Å². The van der Waals surface area contributed by atoms with Crippen molar-refractivity contribution in [1.29, 1.82) is 0 Å². The molecule has 1 heterocycles. The number of H-pyrrole nitrogens is 1. The Morgan fingerprint density at radius 1 is 1.03 bits per heavy atom. The summed E-state index contributed by atoms with van der Waals surface area (Å²) in [4.78, 5) is 25.4. The number of hydrogen-bond acceptors (Lipinski definition) is 7. The predicted octanol–water partition coefficient (Wildman–Crippen LogP) is 3.89. The fraction of sp³-hybridized carbons (Fsp3) is 0.0455. The number of ether oxygens (including phenoxy) is 1. The van der Waals surface area contributed by atoms with Gasteiger partial charge in [0.1, 0.15) is 17.7 Å². The van der Waals surface area contributed by atoms with Gasteiger partial charge in [0.25, 0.3) is 5.56 Å². The maximum Gasteiger partial charge on any atom is 0.349 e. The molecule has 0 amide bonds. The van der Waals surface area contributed by atoms with E-state index in [0.717, 1.165) is 10.9 Å². The van der Waals surface area contributed by atoms with Crippen molar-refractivity contribution in [3.05, 3.63) is 102 Å². The van der Waals surface area contributed by atoms with Crippen molar-refractivity contribution in [2.45, 2.75) is 5.75 Å². The zero-order valence-corrected chi connectivity index (χ0v) is 21.6. The van der Waals surface area contributed by atoms with Gasteiger partial charge in [0.15, 0.2) is 5.75 Å².